The molecule has 0 heterocycles. The zero-order valence-corrected chi connectivity index (χ0v) is 14.7. The molecule has 24 heavy (non-hydrogen) atoms. The van der Waals surface area contributed by atoms with E-state index in [0.717, 1.165) is 22.4 Å². The molecular formula is C19H23NO4. The highest BCUT2D eigenvalue weighted by Gasteiger charge is 2.13. The third kappa shape index (κ3) is 3.79. The summed E-state index contributed by atoms with van der Waals surface area (Å²) in [5, 5.41) is 2.92. The van der Waals surface area contributed by atoms with Gasteiger partial charge in [-0.15, -0.1) is 0 Å². The van der Waals surface area contributed by atoms with E-state index in [1.807, 2.05) is 19.9 Å². The lowest BCUT2D eigenvalue weighted by atomic mass is 10.1. The van der Waals surface area contributed by atoms with Crippen molar-refractivity contribution in [1.82, 2.24) is 5.32 Å². The maximum absolute atomic E-state index is 12.4. The molecule has 0 radical (unpaired) electrons. The fraction of sp³-hybridized carbons (Fsp3) is 0.316. The van der Waals surface area contributed by atoms with Gasteiger partial charge in [-0.2, -0.15) is 0 Å². The van der Waals surface area contributed by atoms with Gasteiger partial charge in [-0.1, -0.05) is 17.7 Å². The Hall–Kier alpha value is -2.69. The molecule has 0 aliphatic rings. The monoisotopic (exact) mass is 329 g/mol. The van der Waals surface area contributed by atoms with Crippen molar-refractivity contribution in [2.45, 2.75) is 20.4 Å². The van der Waals surface area contributed by atoms with Crippen LogP contribution in [0.25, 0.3) is 0 Å². The van der Waals surface area contributed by atoms with E-state index in [4.69, 9.17) is 14.2 Å². The van der Waals surface area contributed by atoms with Crippen LogP contribution >= 0.6 is 0 Å². The highest BCUT2D eigenvalue weighted by molar-refractivity contribution is 5.94. The number of methoxy groups -OCH3 is 3. The molecule has 1 amide bonds. The highest BCUT2D eigenvalue weighted by atomic mass is 16.5. The van der Waals surface area contributed by atoms with E-state index in [1.165, 1.54) is 0 Å². The fourth-order valence-electron chi connectivity index (χ4n) is 2.72. The van der Waals surface area contributed by atoms with Gasteiger partial charge in [-0.3, -0.25) is 4.79 Å². The first kappa shape index (κ1) is 17.7. The normalized spacial score (nSPS) is 10.2. The minimum atomic E-state index is -0.183. The molecule has 0 saturated carbocycles. The van der Waals surface area contributed by atoms with E-state index in [0.29, 0.717) is 23.6 Å². The lowest BCUT2D eigenvalue weighted by Gasteiger charge is -2.14. The van der Waals surface area contributed by atoms with Crippen molar-refractivity contribution in [1.29, 1.82) is 0 Å². The molecule has 1 N–H and O–H groups in total. The van der Waals surface area contributed by atoms with E-state index in [9.17, 15) is 4.79 Å². The molecule has 128 valence electrons. The predicted octanol–water partition coefficient (Wildman–Crippen LogP) is 3.26. The number of carbonyl (C=O) groups is 1. The summed E-state index contributed by atoms with van der Waals surface area (Å²) in [4.78, 5) is 12.4. The Labute approximate surface area is 142 Å². The fourth-order valence-corrected chi connectivity index (χ4v) is 2.72. The molecule has 0 aliphatic carbocycles. The Balaban J connectivity index is 2.17. The van der Waals surface area contributed by atoms with Gasteiger partial charge in [0.1, 0.15) is 5.75 Å². The summed E-state index contributed by atoms with van der Waals surface area (Å²) >= 11 is 0. The second-order valence-electron chi connectivity index (χ2n) is 5.53. The van der Waals surface area contributed by atoms with Crippen LogP contribution in [0.2, 0.25) is 0 Å². The summed E-state index contributed by atoms with van der Waals surface area (Å²) in [6.07, 6.45) is 0. The molecule has 0 unspecified atom stereocenters. The second kappa shape index (κ2) is 7.73. The van der Waals surface area contributed by atoms with Crippen LogP contribution in [-0.2, 0) is 6.54 Å². The van der Waals surface area contributed by atoms with Crippen molar-refractivity contribution in [3.63, 3.8) is 0 Å². The molecule has 5 nitrogen and oxygen atoms in total. The van der Waals surface area contributed by atoms with Gasteiger partial charge >= 0.3 is 0 Å². The molecule has 2 aromatic rings. The van der Waals surface area contributed by atoms with Crippen LogP contribution in [0.5, 0.6) is 17.2 Å². The molecule has 5 heteroatoms. The van der Waals surface area contributed by atoms with Crippen LogP contribution in [0, 0.1) is 13.8 Å². The first-order valence-electron chi connectivity index (χ1n) is 7.64. The molecule has 2 aromatic carbocycles. The number of aryl methyl sites for hydroxylation is 2. The van der Waals surface area contributed by atoms with E-state index in [2.05, 4.69) is 11.4 Å². The van der Waals surface area contributed by atoms with E-state index >= 15 is 0 Å². The van der Waals surface area contributed by atoms with Gasteiger partial charge in [0.25, 0.3) is 5.91 Å². The summed E-state index contributed by atoms with van der Waals surface area (Å²) in [6.45, 7) is 4.40. The Bertz CT molecular complexity index is 740. The maximum Gasteiger partial charge on any atom is 0.251 e. The number of rotatable bonds is 6. The van der Waals surface area contributed by atoms with Gasteiger partial charge in [-0.25, -0.2) is 0 Å². The van der Waals surface area contributed by atoms with Crippen molar-refractivity contribution in [3.8, 4) is 17.2 Å². The van der Waals surface area contributed by atoms with Gasteiger partial charge in [0.2, 0.25) is 0 Å². The van der Waals surface area contributed by atoms with Crippen LogP contribution in [0.3, 0.4) is 0 Å². The number of hydrogen-bond acceptors (Lipinski definition) is 4. The minimum absolute atomic E-state index is 0.183. The Morgan fingerprint density at radius 3 is 2.29 bits per heavy atom. The van der Waals surface area contributed by atoms with E-state index in [1.54, 1.807) is 39.5 Å². The number of amides is 1. The molecule has 0 spiro atoms. The van der Waals surface area contributed by atoms with Crippen molar-refractivity contribution in [2.75, 3.05) is 21.3 Å². The first-order chi connectivity index (χ1) is 11.5. The van der Waals surface area contributed by atoms with Gasteiger partial charge in [0.15, 0.2) is 11.5 Å². The van der Waals surface area contributed by atoms with Gasteiger partial charge in [-0.05, 0) is 37.6 Å². The van der Waals surface area contributed by atoms with Crippen LogP contribution < -0.4 is 19.5 Å². The maximum atomic E-state index is 12.4. The second-order valence-corrected chi connectivity index (χ2v) is 5.53. The smallest absolute Gasteiger partial charge is 0.251 e. The summed E-state index contributed by atoms with van der Waals surface area (Å²) in [5.41, 5.74) is 3.64. The van der Waals surface area contributed by atoms with Crippen LogP contribution in [0.15, 0.2) is 30.3 Å². The summed E-state index contributed by atoms with van der Waals surface area (Å²) in [6, 6.07) is 9.15. The van der Waals surface area contributed by atoms with Crippen LogP contribution in [0.1, 0.15) is 27.0 Å². The van der Waals surface area contributed by atoms with Crippen LogP contribution in [-0.4, -0.2) is 27.2 Å². The number of ether oxygens (including phenoxy) is 3. The van der Waals surface area contributed by atoms with Crippen molar-refractivity contribution < 1.29 is 19.0 Å². The molecule has 0 bridgehead atoms. The predicted molar refractivity (Wildman–Crippen MR) is 93.2 cm³/mol. The number of nitrogens with one attached hydrogen (secondary N) is 1. The Morgan fingerprint density at radius 2 is 1.67 bits per heavy atom. The van der Waals surface area contributed by atoms with E-state index < -0.39 is 0 Å². The largest absolute Gasteiger partial charge is 0.496 e. The molecule has 0 atom stereocenters. The Morgan fingerprint density at radius 1 is 0.958 bits per heavy atom. The third-order valence-electron chi connectivity index (χ3n) is 3.79. The van der Waals surface area contributed by atoms with Gasteiger partial charge < -0.3 is 19.5 Å². The zero-order chi connectivity index (χ0) is 17.7. The quantitative estimate of drug-likeness (QED) is 0.884. The van der Waals surface area contributed by atoms with Gasteiger partial charge in [0.05, 0.1) is 21.3 Å². The summed E-state index contributed by atoms with van der Waals surface area (Å²) < 4.78 is 15.9. The average molecular weight is 329 g/mol. The van der Waals surface area contributed by atoms with Crippen molar-refractivity contribution in [2.24, 2.45) is 0 Å². The number of carbonyl (C=O) groups excluding carboxylic acids is 1. The molecular weight excluding hydrogens is 306 g/mol. The third-order valence-corrected chi connectivity index (χ3v) is 3.79. The number of benzene rings is 2. The minimum Gasteiger partial charge on any atom is -0.496 e. The van der Waals surface area contributed by atoms with Crippen LogP contribution in [0.4, 0.5) is 0 Å². The lowest BCUT2D eigenvalue weighted by molar-refractivity contribution is 0.0950. The molecule has 0 fully saturated rings. The van der Waals surface area contributed by atoms with Crippen molar-refractivity contribution >= 4 is 5.91 Å². The Kier molecular flexibility index (Phi) is 5.68. The number of hydrogen-bond donors (Lipinski definition) is 1. The highest BCUT2D eigenvalue weighted by Crippen LogP contribution is 2.28. The standard InChI is InChI=1S/C19H23NO4/c1-12-8-13(2)18(24-5)15(9-12)11-20-19(21)14-6-7-16(22-3)17(10-14)23-4/h6-10H,11H2,1-5H3,(H,20,21). The SMILES string of the molecule is COc1ccc(C(=O)NCc2cc(C)cc(C)c2OC)cc1OC. The topological polar surface area (TPSA) is 56.8 Å². The lowest BCUT2D eigenvalue weighted by Crippen LogP contribution is -2.23. The van der Waals surface area contributed by atoms with E-state index in [-0.39, 0.29) is 5.91 Å². The molecule has 2 rings (SSSR count). The first-order valence-corrected chi connectivity index (χ1v) is 7.64. The molecule has 0 saturated heterocycles. The summed E-state index contributed by atoms with van der Waals surface area (Å²) in [5.74, 6) is 1.73. The summed E-state index contributed by atoms with van der Waals surface area (Å²) in [7, 11) is 4.74. The molecule has 0 aromatic heterocycles. The van der Waals surface area contributed by atoms with Crippen molar-refractivity contribution in [3.05, 3.63) is 52.6 Å². The average Bonchev–Trinajstić information content (AvgIpc) is 2.58. The van der Waals surface area contributed by atoms with Gasteiger partial charge in [0, 0.05) is 17.7 Å². The molecule has 0 aliphatic heterocycles. The zero-order valence-electron chi connectivity index (χ0n) is 14.7.